The van der Waals surface area contributed by atoms with Crippen LogP contribution in [0.4, 0.5) is 5.95 Å². The molecule has 0 unspecified atom stereocenters. The molecule has 19 heavy (non-hydrogen) atoms. The first kappa shape index (κ1) is 12.3. The number of benzene rings is 2. The number of H-pyrrole nitrogens is 1. The van der Waals surface area contributed by atoms with Crippen molar-refractivity contribution >= 4 is 40.2 Å². The summed E-state index contributed by atoms with van der Waals surface area (Å²) < 4.78 is 0. The number of aromatic nitrogens is 2. The van der Waals surface area contributed by atoms with Crippen molar-refractivity contribution in [2.24, 2.45) is 0 Å². The third kappa shape index (κ3) is 2.83. The molecule has 0 saturated heterocycles. The van der Waals surface area contributed by atoms with Crippen LogP contribution in [0.1, 0.15) is 5.56 Å². The van der Waals surface area contributed by atoms with E-state index in [4.69, 9.17) is 23.2 Å². The van der Waals surface area contributed by atoms with Crippen LogP contribution in [-0.2, 0) is 6.54 Å². The van der Waals surface area contributed by atoms with Crippen LogP contribution in [-0.4, -0.2) is 9.97 Å². The second kappa shape index (κ2) is 5.11. The van der Waals surface area contributed by atoms with Gasteiger partial charge in [-0.15, -0.1) is 0 Å². The van der Waals surface area contributed by atoms with E-state index in [-0.39, 0.29) is 0 Å². The number of hydrogen-bond donors (Lipinski definition) is 2. The lowest BCUT2D eigenvalue weighted by atomic mass is 10.2. The van der Waals surface area contributed by atoms with Gasteiger partial charge in [-0.1, -0.05) is 35.3 Å². The van der Waals surface area contributed by atoms with Crippen LogP contribution in [0.5, 0.6) is 0 Å². The molecule has 3 nitrogen and oxygen atoms in total. The summed E-state index contributed by atoms with van der Waals surface area (Å²) >= 11 is 11.9. The van der Waals surface area contributed by atoms with Gasteiger partial charge in [0.2, 0.25) is 5.95 Å². The molecule has 0 bridgehead atoms. The fraction of sp³-hybridized carbons (Fsp3) is 0.0714. The van der Waals surface area contributed by atoms with E-state index in [2.05, 4.69) is 15.3 Å². The molecule has 0 amide bonds. The molecule has 0 fully saturated rings. The zero-order valence-corrected chi connectivity index (χ0v) is 11.5. The summed E-state index contributed by atoms with van der Waals surface area (Å²) in [5.74, 6) is 0.720. The summed E-state index contributed by atoms with van der Waals surface area (Å²) in [6, 6.07) is 13.3. The summed E-state index contributed by atoms with van der Waals surface area (Å²) in [5, 5.41) is 4.65. The highest BCUT2D eigenvalue weighted by Gasteiger charge is 2.03. The second-order valence-corrected chi connectivity index (χ2v) is 5.10. The first-order valence-electron chi connectivity index (χ1n) is 5.84. The molecule has 2 aromatic carbocycles. The van der Waals surface area contributed by atoms with Crippen LogP contribution in [0.15, 0.2) is 42.5 Å². The Labute approximate surface area is 120 Å². The van der Waals surface area contributed by atoms with Crippen molar-refractivity contribution in [2.75, 3.05) is 5.32 Å². The van der Waals surface area contributed by atoms with Gasteiger partial charge in [0.15, 0.2) is 0 Å². The summed E-state index contributed by atoms with van der Waals surface area (Å²) in [7, 11) is 0. The predicted octanol–water partition coefficient (Wildman–Crippen LogP) is 4.48. The van der Waals surface area contributed by atoms with Gasteiger partial charge in [-0.05, 0) is 35.9 Å². The second-order valence-electron chi connectivity index (χ2n) is 4.23. The van der Waals surface area contributed by atoms with Crippen molar-refractivity contribution in [2.45, 2.75) is 6.54 Å². The Hall–Kier alpha value is -1.71. The molecule has 0 radical (unpaired) electrons. The zero-order valence-electron chi connectivity index (χ0n) is 9.95. The van der Waals surface area contributed by atoms with E-state index in [0.29, 0.717) is 11.6 Å². The van der Waals surface area contributed by atoms with E-state index in [9.17, 15) is 0 Å². The Morgan fingerprint density at radius 2 is 1.89 bits per heavy atom. The Morgan fingerprint density at radius 1 is 1.05 bits per heavy atom. The number of halogens is 2. The van der Waals surface area contributed by atoms with E-state index in [1.54, 1.807) is 0 Å². The predicted molar refractivity (Wildman–Crippen MR) is 79.9 cm³/mol. The van der Waals surface area contributed by atoms with Gasteiger partial charge < -0.3 is 10.3 Å². The summed E-state index contributed by atoms with van der Waals surface area (Å²) in [6.45, 7) is 0.661. The highest BCUT2D eigenvalue weighted by molar-refractivity contribution is 6.31. The van der Waals surface area contributed by atoms with Gasteiger partial charge in [0, 0.05) is 16.6 Å². The third-order valence-corrected chi connectivity index (χ3v) is 3.26. The molecule has 3 rings (SSSR count). The molecule has 1 heterocycles. The highest BCUT2D eigenvalue weighted by Crippen LogP contribution is 2.19. The van der Waals surface area contributed by atoms with E-state index in [1.165, 1.54) is 0 Å². The number of hydrogen-bond acceptors (Lipinski definition) is 2. The maximum Gasteiger partial charge on any atom is 0.201 e. The lowest BCUT2D eigenvalue weighted by molar-refractivity contribution is 1.10. The first-order valence-corrected chi connectivity index (χ1v) is 6.60. The molecule has 0 saturated carbocycles. The van der Waals surface area contributed by atoms with Gasteiger partial charge in [-0.3, -0.25) is 0 Å². The number of nitrogens with zero attached hydrogens (tertiary/aromatic N) is 1. The lowest BCUT2D eigenvalue weighted by Crippen LogP contribution is -2.00. The molecule has 0 aliphatic carbocycles. The number of anilines is 1. The molecule has 5 heteroatoms. The normalized spacial score (nSPS) is 10.8. The Balaban J connectivity index is 1.78. The molecule has 96 valence electrons. The molecule has 1 aromatic heterocycles. The molecule has 3 aromatic rings. The Kier molecular flexibility index (Phi) is 3.32. The maximum atomic E-state index is 5.94. The van der Waals surface area contributed by atoms with Gasteiger partial charge in [0.05, 0.1) is 11.0 Å². The number of nitrogens with one attached hydrogen (secondary N) is 2. The maximum absolute atomic E-state index is 5.94. The number of fused-ring (bicyclic) bond motifs is 1. The van der Waals surface area contributed by atoms with Gasteiger partial charge in [-0.25, -0.2) is 4.98 Å². The fourth-order valence-corrected chi connectivity index (χ4v) is 2.28. The Morgan fingerprint density at radius 3 is 2.74 bits per heavy atom. The summed E-state index contributed by atoms with van der Waals surface area (Å²) in [4.78, 5) is 7.61. The van der Waals surface area contributed by atoms with Crippen molar-refractivity contribution in [3.05, 3.63) is 58.1 Å². The van der Waals surface area contributed by atoms with Gasteiger partial charge in [0.1, 0.15) is 0 Å². The van der Waals surface area contributed by atoms with Crippen LogP contribution < -0.4 is 5.32 Å². The molecular weight excluding hydrogens is 281 g/mol. The standard InChI is InChI=1S/C14H11Cl2N3/c15-10-3-1-2-9(6-10)8-17-14-18-12-5-4-11(16)7-13(12)19-14/h1-7H,8H2,(H2,17,18,19). The minimum Gasteiger partial charge on any atom is -0.352 e. The van der Waals surface area contributed by atoms with Crippen molar-refractivity contribution in [1.82, 2.24) is 9.97 Å². The van der Waals surface area contributed by atoms with E-state index >= 15 is 0 Å². The number of imidazole rings is 1. The SMILES string of the molecule is Clc1cccc(CNc2nc3ccc(Cl)cc3[nH]2)c1. The van der Waals surface area contributed by atoms with Gasteiger partial charge >= 0.3 is 0 Å². The Bertz CT molecular complexity index is 722. The number of aromatic amines is 1. The average Bonchev–Trinajstić information content (AvgIpc) is 2.78. The molecule has 0 atom stereocenters. The molecule has 0 aliphatic heterocycles. The van der Waals surface area contributed by atoms with Crippen LogP contribution in [0.2, 0.25) is 10.0 Å². The summed E-state index contributed by atoms with van der Waals surface area (Å²) in [5.41, 5.74) is 2.91. The van der Waals surface area contributed by atoms with E-state index in [1.807, 2.05) is 42.5 Å². The highest BCUT2D eigenvalue weighted by atomic mass is 35.5. The third-order valence-electron chi connectivity index (χ3n) is 2.79. The molecule has 2 N–H and O–H groups in total. The van der Waals surface area contributed by atoms with Crippen molar-refractivity contribution in [3.63, 3.8) is 0 Å². The monoisotopic (exact) mass is 291 g/mol. The van der Waals surface area contributed by atoms with Gasteiger partial charge in [0.25, 0.3) is 0 Å². The van der Waals surface area contributed by atoms with E-state index < -0.39 is 0 Å². The van der Waals surface area contributed by atoms with Crippen LogP contribution in [0.25, 0.3) is 11.0 Å². The zero-order chi connectivity index (χ0) is 13.2. The van der Waals surface area contributed by atoms with Gasteiger partial charge in [-0.2, -0.15) is 0 Å². The summed E-state index contributed by atoms with van der Waals surface area (Å²) in [6.07, 6.45) is 0. The lowest BCUT2D eigenvalue weighted by Gasteiger charge is -2.03. The van der Waals surface area contributed by atoms with E-state index in [0.717, 1.165) is 27.6 Å². The minimum atomic E-state index is 0.661. The van der Waals surface area contributed by atoms with Crippen LogP contribution in [0.3, 0.4) is 0 Å². The topological polar surface area (TPSA) is 40.7 Å². The fourth-order valence-electron chi connectivity index (χ4n) is 1.90. The quantitative estimate of drug-likeness (QED) is 0.747. The first-order chi connectivity index (χ1) is 9.20. The molecule has 0 aliphatic rings. The van der Waals surface area contributed by atoms with Crippen molar-refractivity contribution < 1.29 is 0 Å². The van der Waals surface area contributed by atoms with Crippen LogP contribution in [0, 0.1) is 0 Å². The number of rotatable bonds is 3. The molecular formula is C14H11Cl2N3. The van der Waals surface area contributed by atoms with Crippen molar-refractivity contribution in [3.8, 4) is 0 Å². The minimum absolute atomic E-state index is 0.661. The van der Waals surface area contributed by atoms with Crippen molar-refractivity contribution in [1.29, 1.82) is 0 Å². The van der Waals surface area contributed by atoms with Crippen LogP contribution >= 0.6 is 23.2 Å². The smallest absolute Gasteiger partial charge is 0.201 e. The largest absolute Gasteiger partial charge is 0.352 e. The molecule has 0 spiro atoms. The average molecular weight is 292 g/mol.